The summed E-state index contributed by atoms with van der Waals surface area (Å²) in [6.45, 7) is 3.33. The van der Waals surface area contributed by atoms with E-state index in [0.29, 0.717) is 16.0 Å². The van der Waals surface area contributed by atoms with Crippen LogP contribution in [0.25, 0.3) is 21.3 Å². The van der Waals surface area contributed by atoms with Gasteiger partial charge in [0, 0.05) is 10.9 Å². The Labute approximate surface area is 132 Å². The van der Waals surface area contributed by atoms with Gasteiger partial charge in [0.15, 0.2) is 0 Å². The molecule has 3 aromatic rings. The number of thiophene rings is 1. The number of fused-ring (bicyclic) bond motifs is 1. The third-order valence-electron chi connectivity index (χ3n) is 3.87. The van der Waals surface area contributed by atoms with Gasteiger partial charge in [-0.05, 0) is 24.5 Å². The number of hydrogen-bond acceptors (Lipinski definition) is 3. The van der Waals surface area contributed by atoms with Crippen LogP contribution in [0, 0.1) is 6.92 Å². The summed E-state index contributed by atoms with van der Waals surface area (Å²) in [4.78, 5) is 17.8. The first-order valence-electron chi connectivity index (χ1n) is 7.29. The summed E-state index contributed by atoms with van der Waals surface area (Å²) in [6, 6.07) is 8.19. The molecule has 1 aromatic carbocycles. The van der Waals surface area contributed by atoms with Gasteiger partial charge in [0.1, 0.15) is 17.3 Å². The van der Waals surface area contributed by atoms with E-state index >= 15 is 0 Å². The van der Waals surface area contributed by atoms with Crippen LogP contribution in [0.2, 0.25) is 0 Å². The highest BCUT2D eigenvalue weighted by Gasteiger charge is 2.15. The number of halogens is 1. The van der Waals surface area contributed by atoms with E-state index in [4.69, 9.17) is 0 Å². The second kappa shape index (κ2) is 6.01. The van der Waals surface area contributed by atoms with Crippen molar-refractivity contribution in [2.45, 2.75) is 26.8 Å². The Bertz CT molecular complexity index is 865. The predicted octanol–water partition coefficient (Wildman–Crippen LogP) is 3.97. The lowest BCUT2D eigenvalue weighted by Crippen LogP contribution is -2.24. The molecule has 0 aliphatic rings. The molecule has 22 heavy (non-hydrogen) atoms. The summed E-state index contributed by atoms with van der Waals surface area (Å²) < 4.78 is 14.1. The van der Waals surface area contributed by atoms with Crippen LogP contribution >= 0.6 is 11.3 Å². The van der Waals surface area contributed by atoms with Gasteiger partial charge >= 0.3 is 0 Å². The molecule has 114 valence electrons. The van der Waals surface area contributed by atoms with Crippen molar-refractivity contribution >= 4 is 21.6 Å². The minimum atomic E-state index is -0.571. The van der Waals surface area contributed by atoms with E-state index < -0.39 is 6.67 Å². The van der Waals surface area contributed by atoms with Crippen molar-refractivity contribution in [3.05, 3.63) is 51.4 Å². The summed E-state index contributed by atoms with van der Waals surface area (Å²) in [5.74, 6) is 0.560. The van der Waals surface area contributed by atoms with Crippen LogP contribution in [0.5, 0.6) is 0 Å². The average molecular weight is 316 g/mol. The predicted molar refractivity (Wildman–Crippen MR) is 89.4 cm³/mol. The molecule has 0 radical (unpaired) electrons. The van der Waals surface area contributed by atoms with Gasteiger partial charge in [-0.3, -0.25) is 9.36 Å². The summed E-state index contributed by atoms with van der Waals surface area (Å²) in [7, 11) is 0. The summed E-state index contributed by atoms with van der Waals surface area (Å²) >= 11 is 1.46. The standard InChI is InChI=1S/C17H17FN2OS/c1-3-12-4-6-13(7-5-12)14-10-22-16-15(14)17(21)20(9-8-18)11(2)19-16/h4-7,10H,3,8-9H2,1-2H3. The lowest BCUT2D eigenvalue weighted by molar-refractivity contribution is 0.435. The van der Waals surface area contributed by atoms with Gasteiger partial charge in [-0.25, -0.2) is 9.37 Å². The van der Waals surface area contributed by atoms with Crippen LogP contribution in [0.15, 0.2) is 34.4 Å². The lowest BCUT2D eigenvalue weighted by atomic mass is 10.0. The van der Waals surface area contributed by atoms with E-state index in [2.05, 4.69) is 24.0 Å². The van der Waals surface area contributed by atoms with Crippen LogP contribution < -0.4 is 5.56 Å². The van der Waals surface area contributed by atoms with Crippen LogP contribution in [0.1, 0.15) is 18.3 Å². The molecule has 0 aliphatic heterocycles. The van der Waals surface area contributed by atoms with Crippen molar-refractivity contribution in [3.63, 3.8) is 0 Å². The van der Waals surface area contributed by atoms with Crippen molar-refractivity contribution in [3.8, 4) is 11.1 Å². The molecule has 2 aromatic heterocycles. The molecule has 0 saturated carbocycles. The number of rotatable bonds is 4. The maximum absolute atomic E-state index is 12.7. The van der Waals surface area contributed by atoms with Crippen molar-refractivity contribution in [2.24, 2.45) is 0 Å². The Kier molecular flexibility index (Phi) is 4.07. The molecule has 0 aliphatic carbocycles. The maximum Gasteiger partial charge on any atom is 0.262 e. The molecule has 2 heterocycles. The molecule has 0 amide bonds. The molecule has 0 fully saturated rings. The number of aromatic nitrogens is 2. The van der Waals surface area contributed by atoms with Crippen molar-refractivity contribution < 1.29 is 4.39 Å². The number of alkyl halides is 1. The third-order valence-corrected chi connectivity index (χ3v) is 4.74. The van der Waals surface area contributed by atoms with Crippen LogP contribution in [-0.2, 0) is 13.0 Å². The highest BCUT2D eigenvalue weighted by Crippen LogP contribution is 2.31. The summed E-state index contributed by atoms with van der Waals surface area (Å²) in [5.41, 5.74) is 2.98. The van der Waals surface area contributed by atoms with Gasteiger partial charge < -0.3 is 0 Å². The Morgan fingerprint density at radius 3 is 2.64 bits per heavy atom. The van der Waals surface area contributed by atoms with Gasteiger partial charge in [0.25, 0.3) is 5.56 Å². The quantitative estimate of drug-likeness (QED) is 0.730. The van der Waals surface area contributed by atoms with Crippen molar-refractivity contribution in [1.82, 2.24) is 9.55 Å². The molecular formula is C17H17FN2OS. The summed E-state index contributed by atoms with van der Waals surface area (Å²) in [5, 5.41) is 2.55. The first kappa shape index (κ1) is 14.9. The molecule has 0 atom stereocenters. The fraction of sp³-hybridized carbons (Fsp3) is 0.294. The van der Waals surface area contributed by atoms with Crippen molar-refractivity contribution in [1.29, 1.82) is 0 Å². The zero-order valence-electron chi connectivity index (χ0n) is 12.6. The highest BCUT2D eigenvalue weighted by molar-refractivity contribution is 7.17. The number of hydrogen-bond donors (Lipinski definition) is 0. The number of nitrogens with zero attached hydrogens (tertiary/aromatic N) is 2. The maximum atomic E-state index is 12.7. The van der Waals surface area contributed by atoms with E-state index in [1.807, 2.05) is 17.5 Å². The Morgan fingerprint density at radius 2 is 2.00 bits per heavy atom. The summed E-state index contributed by atoms with van der Waals surface area (Å²) in [6.07, 6.45) is 0.981. The van der Waals surface area contributed by atoms with E-state index in [0.717, 1.165) is 17.5 Å². The first-order valence-corrected chi connectivity index (χ1v) is 8.17. The minimum Gasteiger partial charge on any atom is -0.294 e. The fourth-order valence-electron chi connectivity index (χ4n) is 2.61. The topological polar surface area (TPSA) is 34.9 Å². The van der Waals surface area contributed by atoms with E-state index in [1.165, 1.54) is 21.5 Å². The number of aryl methyl sites for hydroxylation is 2. The molecule has 3 rings (SSSR count). The lowest BCUT2D eigenvalue weighted by Gasteiger charge is -2.08. The first-order chi connectivity index (χ1) is 10.7. The Balaban J connectivity index is 2.22. The number of benzene rings is 1. The van der Waals surface area contributed by atoms with Crippen LogP contribution in [-0.4, -0.2) is 16.2 Å². The normalized spacial score (nSPS) is 11.2. The Hall–Kier alpha value is -2.01. The average Bonchev–Trinajstić information content (AvgIpc) is 2.95. The zero-order chi connectivity index (χ0) is 15.7. The van der Waals surface area contributed by atoms with Crippen molar-refractivity contribution in [2.75, 3.05) is 6.67 Å². The zero-order valence-corrected chi connectivity index (χ0v) is 13.4. The van der Waals surface area contributed by atoms with Crippen LogP contribution in [0.4, 0.5) is 4.39 Å². The van der Waals surface area contributed by atoms with Gasteiger partial charge in [-0.15, -0.1) is 11.3 Å². The monoisotopic (exact) mass is 316 g/mol. The highest BCUT2D eigenvalue weighted by atomic mass is 32.1. The SMILES string of the molecule is CCc1ccc(-c2csc3nc(C)n(CCF)c(=O)c23)cc1. The molecule has 0 saturated heterocycles. The van der Waals surface area contributed by atoms with Gasteiger partial charge in [-0.1, -0.05) is 31.2 Å². The van der Waals surface area contributed by atoms with E-state index in [1.54, 1.807) is 6.92 Å². The second-order valence-corrected chi connectivity index (χ2v) is 6.04. The molecule has 0 spiro atoms. The van der Waals surface area contributed by atoms with Gasteiger partial charge in [0.2, 0.25) is 0 Å². The van der Waals surface area contributed by atoms with E-state index in [9.17, 15) is 9.18 Å². The van der Waals surface area contributed by atoms with Gasteiger partial charge in [0.05, 0.1) is 11.9 Å². The van der Waals surface area contributed by atoms with E-state index in [-0.39, 0.29) is 12.1 Å². The van der Waals surface area contributed by atoms with Crippen LogP contribution in [0.3, 0.4) is 0 Å². The fourth-order valence-corrected chi connectivity index (χ4v) is 3.59. The third kappa shape index (κ3) is 2.46. The Morgan fingerprint density at radius 1 is 1.27 bits per heavy atom. The molecule has 3 nitrogen and oxygen atoms in total. The second-order valence-electron chi connectivity index (χ2n) is 5.18. The molecule has 0 bridgehead atoms. The molecule has 0 N–H and O–H groups in total. The molecular weight excluding hydrogens is 299 g/mol. The van der Waals surface area contributed by atoms with Gasteiger partial charge in [-0.2, -0.15) is 0 Å². The minimum absolute atomic E-state index is 0.0532. The molecule has 5 heteroatoms. The largest absolute Gasteiger partial charge is 0.294 e. The smallest absolute Gasteiger partial charge is 0.262 e. The molecule has 0 unspecified atom stereocenters.